The van der Waals surface area contributed by atoms with Crippen LogP contribution < -0.4 is 10.2 Å². The van der Waals surface area contributed by atoms with Gasteiger partial charge in [-0.05, 0) is 17.7 Å². The van der Waals surface area contributed by atoms with Gasteiger partial charge >= 0.3 is 6.03 Å². The fraction of sp³-hybridized carbons (Fsp3) is 0.176. The minimum Gasteiger partial charge on any atom is -0.334 e. The number of urea groups is 1. The summed E-state index contributed by atoms with van der Waals surface area (Å²) in [5, 5.41) is 11.6. The third kappa shape index (κ3) is 4.36. The minimum atomic E-state index is -0.194. The van der Waals surface area contributed by atoms with Crippen molar-refractivity contribution in [3.63, 3.8) is 0 Å². The number of hydrogen-bond acceptors (Lipinski definition) is 2. The summed E-state index contributed by atoms with van der Waals surface area (Å²) in [5.74, 6) is 0. The number of nitrogens with one attached hydrogen (secondary N) is 1. The summed E-state index contributed by atoms with van der Waals surface area (Å²) < 4.78 is 0. The van der Waals surface area contributed by atoms with Gasteiger partial charge in [-0.1, -0.05) is 48.5 Å². The number of para-hydroxylation sites is 1. The fourth-order valence-corrected chi connectivity index (χ4v) is 1.99. The third-order valence-electron chi connectivity index (χ3n) is 3.05. The van der Waals surface area contributed by atoms with Crippen LogP contribution in [0, 0.1) is 11.3 Å². The van der Waals surface area contributed by atoms with E-state index in [9.17, 15) is 4.79 Å². The van der Waals surface area contributed by atoms with Crippen LogP contribution in [-0.4, -0.2) is 12.6 Å². The first-order chi connectivity index (χ1) is 10.3. The Morgan fingerprint density at radius 2 is 1.67 bits per heavy atom. The number of amides is 2. The van der Waals surface area contributed by atoms with E-state index < -0.39 is 0 Å². The van der Waals surface area contributed by atoms with Gasteiger partial charge in [0, 0.05) is 18.8 Å². The molecule has 0 heterocycles. The molecule has 0 aliphatic carbocycles. The van der Waals surface area contributed by atoms with Crippen molar-refractivity contribution in [2.75, 3.05) is 11.4 Å². The SMILES string of the molecule is N#CCCN(C(=O)NCc1ccccc1)c1ccccc1. The molecule has 0 saturated heterocycles. The van der Waals surface area contributed by atoms with E-state index in [1.807, 2.05) is 60.7 Å². The van der Waals surface area contributed by atoms with E-state index in [1.54, 1.807) is 4.90 Å². The molecule has 0 aliphatic heterocycles. The fourth-order valence-electron chi connectivity index (χ4n) is 1.99. The molecule has 21 heavy (non-hydrogen) atoms. The molecule has 0 aromatic heterocycles. The zero-order chi connectivity index (χ0) is 14.9. The van der Waals surface area contributed by atoms with Gasteiger partial charge in [-0.25, -0.2) is 4.79 Å². The van der Waals surface area contributed by atoms with Gasteiger partial charge in [0.2, 0.25) is 0 Å². The zero-order valence-electron chi connectivity index (χ0n) is 11.7. The summed E-state index contributed by atoms with van der Waals surface area (Å²) in [6, 6.07) is 21.0. The molecule has 0 bridgehead atoms. The van der Waals surface area contributed by atoms with Crippen molar-refractivity contribution >= 4 is 11.7 Å². The Labute approximate surface area is 124 Å². The number of nitriles is 1. The van der Waals surface area contributed by atoms with Gasteiger partial charge in [-0.3, -0.25) is 4.90 Å². The number of carbonyl (C=O) groups excluding carboxylic acids is 1. The van der Waals surface area contributed by atoms with Crippen LogP contribution in [0.2, 0.25) is 0 Å². The first-order valence-electron chi connectivity index (χ1n) is 6.82. The molecule has 1 N–H and O–H groups in total. The first-order valence-corrected chi connectivity index (χ1v) is 6.82. The van der Waals surface area contributed by atoms with Crippen molar-refractivity contribution < 1.29 is 4.79 Å². The smallest absolute Gasteiger partial charge is 0.322 e. The molecule has 0 atom stereocenters. The normalized spacial score (nSPS) is 9.67. The predicted octanol–water partition coefficient (Wildman–Crippen LogP) is 3.32. The Hall–Kier alpha value is -2.80. The van der Waals surface area contributed by atoms with E-state index in [0.29, 0.717) is 19.5 Å². The molecule has 0 aliphatic rings. The van der Waals surface area contributed by atoms with Crippen molar-refractivity contribution in [3.05, 3.63) is 66.2 Å². The van der Waals surface area contributed by atoms with E-state index in [1.165, 1.54) is 0 Å². The molecular formula is C17H17N3O. The van der Waals surface area contributed by atoms with E-state index in [4.69, 9.17) is 5.26 Å². The average molecular weight is 279 g/mol. The molecule has 0 unspecified atom stereocenters. The molecule has 0 spiro atoms. The Kier molecular flexibility index (Phi) is 5.36. The van der Waals surface area contributed by atoms with Crippen molar-refractivity contribution in [2.45, 2.75) is 13.0 Å². The summed E-state index contributed by atoms with van der Waals surface area (Å²) >= 11 is 0. The summed E-state index contributed by atoms with van der Waals surface area (Å²) in [6.45, 7) is 0.844. The number of rotatable bonds is 5. The van der Waals surface area contributed by atoms with Gasteiger partial charge in [0.15, 0.2) is 0 Å². The lowest BCUT2D eigenvalue weighted by Crippen LogP contribution is -2.40. The number of anilines is 1. The molecule has 106 valence electrons. The van der Waals surface area contributed by atoms with Gasteiger partial charge in [0.25, 0.3) is 0 Å². The van der Waals surface area contributed by atoms with Crippen LogP contribution in [0.5, 0.6) is 0 Å². The van der Waals surface area contributed by atoms with Gasteiger partial charge in [-0.2, -0.15) is 5.26 Å². The Balaban J connectivity index is 2.03. The van der Waals surface area contributed by atoms with Gasteiger partial charge in [0.05, 0.1) is 12.5 Å². The molecule has 2 amide bonds. The molecule has 0 fully saturated rings. The molecule has 4 heteroatoms. The van der Waals surface area contributed by atoms with Gasteiger partial charge < -0.3 is 5.32 Å². The zero-order valence-corrected chi connectivity index (χ0v) is 11.7. The lowest BCUT2D eigenvalue weighted by atomic mass is 10.2. The van der Waals surface area contributed by atoms with Crippen LogP contribution in [0.3, 0.4) is 0 Å². The molecule has 2 aromatic rings. The summed E-state index contributed by atoms with van der Waals surface area (Å²) in [5.41, 5.74) is 1.83. The summed E-state index contributed by atoms with van der Waals surface area (Å²) in [7, 11) is 0. The highest BCUT2D eigenvalue weighted by molar-refractivity contribution is 5.91. The van der Waals surface area contributed by atoms with Crippen LogP contribution in [-0.2, 0) is 6.54 Å². The molecule has 0 radical (unpaired) electrons. The Morgan fingerprint density at radius 3 is 2.29 bits per heavy atom. The Bertz CT molecular complexity index is 605. The maximum Gasteiger partial charge on any atom is 0.322 e. The number of benzene rings is 2. The largest absolute Gasteiger partial charge is 0.334 e. The topological polar surface area (TPSA) is 56.1 Å². The van der Waals surface area contributed by atoms with Crippen molar-refractivity contribution in [2.24, 2.45) is 0 Å². The minimum absolute atomic E-state index is 0.194. The van der Waals surface area contributed by atoms with Gasteiger partial charge in [0.1, 0.15) is 0 Å². The maximum atomic E-state index is 12.3. The second kappa shape index (κ2) is 7.71. The van der Waals surface area contributed by atoms with Crippen molar-refractivity contribution in [3.8, 4) is 6.07 Å². The second-order valence-electron chi connectivity index (χ2n) is 4.54. The monoisotopic (exact) mass is 279 g/mol. The Morgan fingerprint density at radius 1 is 1.05 bits per heavy atom. The number of hydrogen-bond donors (Lipinski definition) is 1. The lowest BCUT2D eigenvalue weighted by Gasteiger charge is -2.22. The van der Waals surface area contributed by atoms with Crippen LogP contribution in [0.4, 0.5) is 10.5 Å². The third-order valence-corrected chi connectivity index (χ3v) is 3.05. The highest BCUT2D eigenvalue weighted by atomic mass is 16.2. The highest BCUT2D eigenvalue weighted by Crippen LogP contribution is 2.14. The predicted molar refractivity (Wildman–Crippen MR) is 82.7 cm³/mol. The standard InChI is InChI=1S/C17H17N3O/c18-12-7-13-20(16-10-5-2-6-11-16)17(21)19-14-15-8-3-1-4-9-15/h1-6,8-11H,7,13-14H2,(H,19,21). The quantitative estimate of drug-likeness (QED) is 0.912. The van der Waals surface area contributed by atoms with Crippen LogP contribution in [0.1, 0.15) is 12.0 Å². The van der Waals surface area contributed by atoms with Crippen LogP contribution in [0.15, 0.2) is 60.7 Å². The van der Waals surface area contributed by atoms with Crippen molar-refractivity contribution in [1.29, 1.82) is 5.26 Å². The van der Waals surface area contributed by atoms with E-state index in [2.05, 4.69) is 11.4 Å². The second-order valence-corrected chi connectivity index (χ2v) is 4.54. The summed E-state index contributed by atoms with van der Waals surface area (Å²) in [4.78, 5) is 13.9. The maximum absolute atomic E-state index is 12.3. The number of nitrogens with zero attached hydrogens (tertiary/aromatic N) is 2. The van der Waals surface area contributed by atoms with E-state index in [-0.39, 0.29) is 6.03 Å². The van der Waals surface area contributed by atoms with E-state index >= 15 is 0 Å². The van der Waals surface area contributed by atoms with E-state index in [0.717, 1.165) is 11.3 Å². The summed E-state index contributed by atoms with van der Waals surface area (Å²) in [6.07, 6.45) is 0.299. The van der Waals surface area contributed by atoms with Gasteiger partial charge in [-0.15, -0.1) is 0 Å². The molecule has 4 nitrogen and oxygen atoms in total. The van der Waals surface area contributed by atoms with Crippen LogP contribution >= 0.6 is 0 Å². The first kappa shape index (κ1) is 14.6. The molecular weight excluding hydrogens is 262 g/mol. The molecule has 0 saturated carbocycles. The van der Waals surface area contributed by atoms with Crippen molar-refractivity contribution in [1.82, 2.24) is 5.32 Å². The molecule has 2 aromatic carbocycles. The average Bonchev–Trinajstić information content (AvgIpc) is 2.55. The van der Waals surface area contributed by atoms with Crippen LogP contribution in [0.25, 0.3) is 0 Å². The number of carbonyl (C=O) groups is 1. The highest BCUT2D eigenvalue weighted by Gasteiger charge is 2.14. The lowest BCUT2D eigenvalue weighted by molar-refractivity contribution is 0.246. The molecule has 2 rings (SSSR count).